The van der Waals surface area contributed by atoms with Crippen LogP contribution in [0.25, 0.3) is 0 Å². The molecule has 0 radical (unpaired) electrons. The number of aromatic nitrogens is 5. The molecule has 1 saturated heterocycles. The molecule has 7 heteroatoms. The third-order valence-electron chi connectivity index (χ3n) is 4.66. The molecule has 0 aliphatic carbocycles. The molecule has 25 heavy (non-hydrogen) atoms. The third kappa shape index (κ3) is 4.21. The molecular weight excluding hydrogens is 314 g/mol. The van der Waals surface area contributed by atoms with E-state index in [0.717, 1.165) is 68.1 Å². The van der Waals surface area contributed by atoms with Gasteiger partial charge in [0.15, 0.2) is 0 Å². The number of hydrogen-bond acceptors (Lipinski definition) is 7. The van der Waals surface area contributed by atoms with Crippen molar-refractivity contribution >= 4 is 11.8 Å². The van der Waals surface area contributed by atoms with Crippen LogP contribution < -0.4 is 10.2 Å². The first-order valence-electron chi connectivity index (χ1n) is 9.28. The lowest BCUT2D eigenvalue weighted by molar-refractivity contribution is 0.522. The minimum Gasteiger partial charge on any atom is -0.354 e. The normalized spacial score (nSPS) is 17.6. The van der Waals surface area contributed by atoms with Gasteiger partial charge >= 0.3 is 0 Å². The van der Waals surface area contributed by atoms with Gasteiger partial charge in [-0.05, 0) is 32.1 Å². The van der Waals surface area contributed by atoms with E-state index < -0.39 is 0 Å². The van der Waals surface area contributed by atoms with Crippen LogP contribution in [-0.2, 0) is 19.3 Å². The van der Waals surface area contributed by atoms with E-state index >= 15 is 0 Å². The van der Waals surface area contributed by atoms with Crippen molar-refractivity contribution in [3.8, 4) is 0 Å². The molecular formula is C18H27N7. The van der Waals surface area contributed by atoms with Crippen molar-refractivity contribution in [3.63, 3.8) is 0 Å². The van der Waals surface area contributed by atoms with Crippen molar-refractivity contribution in [1.29, 1.82) is 0 Å². The summed E-state index contributed by atoms with van der Waals surface area (Å²) in [5.74, 6) is 1.64. The SMILES string of the molecule is CCc1cc(N2CCCC(Nc3nnc(CC)c(CC)n3)C2)ncn1. The summed E-state index contributed by atoms with van der Waals surface area (Å²) >= 11 is 0. The number of rotatable bonds is 6. The summed E-state index contributed by atoms with van der Waals surface area (Å²) in [4.78, 5) is 15.7. The number of hydrogen-bond donors (Lipinski definition) is 1. The molecule has 134 valence electrons. The summed E-state index contributed by atoms with van der Waals surface area (Å²) in [5.41, 5.74) is 3.11. The van der Waals surface area contributed by atoms with Crippen molar-refractivity contribution < 1.29 is 0 Å². The number of anilines is 2. The highest BCUT2D eigenvalue weighted by Gasteiger charge is 2.22. The van der Waals surface area contributed by atoms with Crippen LogP contribution in [0.4, 0.5) is 11.8 Å². The molecule has 1 atom stereocenters. The summed E-state index contributed by atoms with van der Waals surface area (Å²) in [6.45, 7) is 8.22. The first-order valence-corrected chi connectivity index (χ1v) is 9.28. The molecule has 2 aromatic heterocycles. The Morgan fingerprint density at radius 3 is 2.68 bits per heavy atom. The van der Waals surface area contributed by atoms with Crippen LogP contribution in [0.5, 0.6) is 0 Å². The van der Waals surface area contributed by atoms with Gasteiger partial charge in [0.1, 0.15) is 12.1 Å². The van der Waals surface area contributed by atoms with Gasteiger partial charge in [-0.1, -0.05) is 20.8 Å². The fourth-order valence-corrected chi connectivity index (χ4v) is 3.24. The lowest BCUT2D eigenvalue weighted by Gasteiger charge is -2.34. The van der Waals surface area contributed by atoms with Crippen LogP contribution in [-0.4, -0.2) is 44.3 Å². The average molecular weight is 341 g/mol. The van der Waals surface area contributed by atoms with Crippen molar-refractivity contribution in [2.75, 3.05) is 23.3 Å². The van der Waals surface area contributed by atoms with Crippen LogP contribution >= 0.6 is 0 Å². The molecule has 2 aromatic rings. The van der Waals surface area contributed by atoms with Gasteiger partial charge in [0.2, 0.25) is 5.95 Å². The second kappa shape index (κ2) is 8.18. The zero-order chi connectivity index (χ0) is 17.6. The van der Waals surface area contributed by atoms with Crippen LogP contribution in [0.3, 0.4) is 0 Å². The van der Waals surface area contributed by atoms with Crippen LogP contribution in [0, 0.1) is 0 Å². The number of aryl methyl sites for hydroxylation is 3. The van der Waals surface area contributed by atoms with E-state index in [1.165, 1.54) is 0 Å². The Morgan fingerprint density at radius 2 is 1.92 bits per heavy atom. The topological polar surface area (TPSA) is 79.7 Å². The number of nitrogens with zero attached hydrogens (tertiary/aromatic N) is 6. The smallest absolute Gasteiger partial charge is 0.243 e. The highest BCUT2D eigenvalue weighted by Crippen LogP contribution is 2.20. The highest BCUT2D eigenvalue weighted by atomic mass is 15.3. The van der Waals surface area contributed by atoms with Crippen molar-refractivity contribution in [1.82, 2.24) is 25.1 Å². The largest absolute Gasteiger partial charge is 0.354 e. The average Bonchev–Trinajstić information content (AvgIpc) is 2.68. The summed E-state index contributed by atoms with van der Waals surface area (Å²) in [7, 11) is 0. The quantitative estimate of drug-likeness (QED) is 0.864. The first kappa shape index (κ1) is 17.5. The van der Waals surface area contributed by atoms with Gasteiger partial charge in [0.25, 0.3) is 0 Å². The molecule has 3 rings (SSSR count). The fourth-order valence-electron chi connectivity index (χ4n) is 3.24. The highest BCUT2D eigenvalue weighted by molar-refractivity contribution is 5.41. The van der Waals surface area contributed by atoms with E-state index in [9.17, 15) is 0 Å². The molecule has 1 fully saturated rings. The van der Waals surface area contributed by atoms with Gasteiger partial charge in [0.05, 0.1) is 11.4 Å². The third-order valence-corrected chi connectivity index (χ3v) is 4.66. The molecule has 1 aliphatic heterocycles. The molecule has 0 aromatic carbocycles. The van der Waals surface area contributed by atoms with Gasteiger partial charge in [-0.2, -0.15) is 5.10 Å². The van der Waals surface area contributed by atoms with Gasteiger partial charge in [-0.15, -0.1) is 5.10 Å². The summed E-state index contributed by atoms with van der Waals surface area (Å²) in [5, 5.41) is 12.1. The molecule has 1 aliphatic rings. The first-order chi connectivity index (χ1) is 12.2. The van der Waals surface area contributed by atoms with Crippen molar-refractivity contribution in [2.24, 2.45) is 0 Å². The summed E-state index contributed by atoms with van der Waals surface area (Å²) < 4.78 is 0. The molecule has 7 nitrogen and oxygen atoms in total. The molecule has 0 bridgehead atoms. The van der Waals surface area contributed by atoms with E-state index in [0.29, 0.717) is 12.0 Å². The predicted molar refractivity (Wildman–Crippen MR) is 98.9 cm³/mol. The van der Waals surface area contributed by atoms with Crippen LogP contribution in [0.15, 0.2) is 12.4 Å². The minimum absolute atomic E-state index is 0.299. The van der Waals surface area contributed by atoms with Crippen molar-refractivity contribution in [2.45, 2.75) is 58.9 Å². The van der Waals surface area contributed by atoms with E-state index in [2.05, 4.69) is 62.2 Å². The lowest BCUT2D eigenvalue weighted by Crippen LogP contribution is -2.43. The van der Waals surface area contributed by atoms with E-state index in [4.69, 9.17) is 0 Å². The second-order valence-electron chi connectivity index (χ2n) is 6.39. The molecule has 1 unspecified atom stereocenters. The van der Waals surface area contributed by atoms with Crippen LogP contribution in [0.1, 0.15) is 50.7 Å². The Labute approximate surface area is 149 Å². The zero-order valence-corrected chi connectivity index (χ0v) is 15.4. The van der Waals surface area contributed by atoms with E-state index in [1.54, 1.807) is 6.33 Å². The number of piperidine rings is 1. The molecule has 0 amide bonds. The predicted octanol–water partition coefficient (Wildman–Crippen LogP) is 2.43. The Balaban J connectivity index is 1.69. The molecule has 1 N–H and O–H groups in total. The molecule has 0 spiro atoms. The monoisotopic (exact) mass is 341 g/mol. The van der Waals surface area contributed by atoms with Gasteiger partial charge in [0, 0.05) is 30.9 Å². The minimum atomic E-state index is 0.299. The maximum Gasteiger partial charge on any atom is 0.243 e. The van der Waals surface area contributed by atoms with Gasteiger partial charge in [-0.3, -0.25) is 0 Å². The Hall–Kier alpha value is -2.31. The van der Waals surface area contributed by atoms with Gasteiger partial charge < -0.3 is 10.2 Å². The van der Waals surface area contributed by atoms with Crippen LogP contribution in [0.2, 0.25) is 0 Å². The summed E-state index contributed by atoms with van der Waals surface area (Å²) in [6.07, 6.45) is 6.55. The lowest BCUT2D eigenvalue weighted by atomic mass is 10.1. The standard InChI is InChI=1S/C18H27N7/c1-4-13-10-17(20-12-19-13)25-9-7-8-14(11-25)21-18-22-15(5-2)16(6-3)23-24-18/h10,12,14H,4-9,11H2,1-3H3,(H,21,22,24). The number of nitrogens with one attached hydrogen (secondary N) is 1. The molecule has 3 heterocycles. The van der Waals surface area contributed by atoms with Crippen molar-refractivity contribution in [3.05, 3.63) is 29.5 Å². The fraction of sp³-hybridized carbons (Fsp3) is 0.611. The van der Waals surface area contributed by atoms with E-state index in [1.807, 2.05) is 0 Å². The Kier molecular flexibility index (Phi) is 5.73. The maximum atomic E-state index is 4.65. The second-order valence-corrected chi connectivity index (χ2v) is 6.39. The summed E-state index contributed by atoms with van der Waals surface area (Å²) in [6, 6.07) is 2.39. The maximum absolute atomic E-state index is 4.65. The molecule has 0 saturated carbocycles. The van der Waals surface area contributed by atoms with E-state index in [-0.39, 0.29) is 0 Å². The Bertz CT molecular complexity index is 704. The van der Waals surface area contributed by atoms with Gasteiger partial charge in [-0.25, -0.2) is 15.0 Å². The Morgan fingerprint density at radius 1 is 1.08 bits per heavy atom. The zero-order valence-electron chi connectivity index (χ0n) is 15.4.